The van der Waals surface area contributed by atoms with E-state index in [1.165, 1.54) is 0 Å². The van der Waals surface area contributed by atoms with Gasteiger partial charge in [0.15, 0.2) is 0 Å². The molecule has 0 aliphatic carbocycles. The number of nitro benzene ring substituents is 1. The second kappa shape index (κ2) is 6.92. The number of benzene rings is 2. The molecule has 2 aromatic carbocycles. The summed E-state index contributed by atoms with van der Waals surface area (Å²) in [5.74, 6) is -0.527. The minimum absolute atomic E-state index is 0.109. The smallest absolute Gasteiger partial charge is 0.274 e. The molecule has 1 unspecified atom stereocenters. The van der Waals surface area contributed by atoms with E-state index in [2.05, 4.69) is 5.32 Å². The summed E-state index contributed by atoms with van der Waals surface area (Å²) in [6, 6.07) is 12.4. The number of halogens is 1. The van der Waals surface area contributed by atoms with E-state index in [9.17, 15) is 19.6 Å². The summed E-state index contributed by atoms with van der Waals surface area (Å²) in [6.07, 6.45) is -0.723. The zero-order valence-electron chi connectivity index (χ0n) is 11.2. The van der Waals surface area contributed by atoms with Gasteiger partial charge in [-0.15, -0.1) is 0 Å². The maximum Gasteiger partial charge on any atom is 0.274 e. The molecular formula is C15H15FN2O3. The molecule has 0 saturated carbocycles. The monoisotopic (exact) mass is 290 g/mol. The van der Waals surface area contributed by atoms with E-state index in [0.29, 0.717) is 0 Å². The molecule has 1 atom stereocenters. The maximum absolute atomic E-state index is 13.2. The zero-order valence-corrected chi connectivity index (χ0v) is 11.2. The van der Waals surface area contributed by atoms with Crippen LogP contribution in [0.1, 0.15) is 17.2 Å². The second-order valence-electron chi connectivity index (χ2n) is 4.59. The minimum atomic E-state index is -0.723. The van der Waals surface area contributed by atoms with Gasteiger partial charge in [-0.1, -0.05) is 30.3 Å². The normalized spacial score (nSPS) is 12.1. The van der Waals surface area contributed by atoms with Crippen LogP contribution in [0.4, 0.5) is 10.1 Å². The lowest BCUT2D eigenvalue weighted by Crippen LogP contribution is -2.21. The van der Waals surface area contributed by atoms with Crippen molar-refractivity contribution >= 4 is 5.69 Å². The molecule has 0 aromatic heterocycles. The molecule has 21 heavy (non-hydrogen) atoms. The molecule has 0 radical (unpaired) electrons. The fourth-order valence-corrected chi connectivity index (χ4v) is 2.01. The standard InChI is InChI=1S/C15H15FN2O3/c16-13-6-7-14(18(20)21)12(8-13)9-17-10-15(19)11-4-2-1-3-5-11/h1-8,15,17,19H,9-10H2. The highest BCUT2D eigenvalue weighted by molar-refractivity contribution is 5.40. The molecule has 0 spiro atoms. The van der Waals surface area contributed by atoms with Crippen LogP contribution in [0, 0.1) is 15.9 Å². The molecule has 6 heteroatoms. The van der Waals surface area contributed by atoms with Gasteiger partial charge >= 0.3 is 0 Å². The Bertz CT molecular complexity index is 620. The predicted molar refractivity (Wildman–Crippen MR) is 76.2 cm³/mol. The van der Waals surface area contributed by atoms with Crippen molar-refractivity contribution in [2.45, 2.75) is 12.6 Å². The Hall–Kier alpha value is -2.31. The van der Waals surface area contributed by atoms with E-state index in [4.69, 9.17) is 0 Å². The summed E-state index contributed by atoms with van der Waals surface area (Å²) >= 11 is 0. The quantitative estimate of drug-likeness (QED) is 0.633. The predicted octanol–water partition coefficient (Wildman–Crippen LogP) is 2.56. The van der Waals surface area contributed by atoms with Crippen molar-refractivity contribution in [2.24, 2.45) is 0 Å². The first kappa shape index (κ1) is 15.1. The molecule has 2 rings (SSSR count). The number of hydrogen-bond donors (Lipinski definition) is 2. The van der Waals surface area contributed by atoms with Crippen LogP contribution in [0.25, 0.3) is 0 Å². The number of aliphatic hydroxyl groups excluding tert-OH is 1. The largest absolute Gasteiger partial charge is 0.387 e. The van der Waals surface area contributed by atoms with E-state index in [1.54, 1.807) is 12.1 Å². The molecule has 0 fully saturated rings. The summed E-state index contributed by atoms with van der Waals surface area (Å²) in [7, 11) is 0. The van der Waals surface area contributed by atoms with Gasteiger partial charge in [0.25, 0.3) is 5.69 Å². The first-order valence-corrected chi connectivity index (χ1v) is 6.44. The topological polar surface area (TPSA) is 75.4 Å². The molecule has 2 aromatic rings. The summed E-state index contributed by atoms with van der Waals surface area (Å²) in [6.45, 7) is 0.329. The van der Waals surface area contributed by atoms with Gasteiger partial charge in [-0.25, -0.2) is 4.39 Å². The number of aliphatic hydroxyl groups is 1. The Labute approximate surface area is 121 Å². The summed E-state index contributed by atoms with van der Waals surface area (Å²) < 4.78 is 13.2. The molecule has 0 amide bonds. The Balaban J connectivity index is 1.97. The Kier molecular flexibility index (Phi) is 4.97. The van der Waals surface area contributed by atoms with Crippen molar-refractivity contribution in [3.8, 4) is 0 Å². The van der Waals surface area contributed by atoms with Gasteiger partial charge in [0.2, 0.25) is 0 Å². The lowest BCUT2D eigenvalue weighted by molar-refractivity contribution is -0.385. The van der Waals surface area contributed by atoms with Crippen LogP contribution < -0.4 is 5.32 Å². The van der Waals surface area contributed by atoms with Crippen LogP contribution in [-0.4, -0.2) is 16.6 Å². The van der Waals surface area contributed by atoms with Crippen molar-refractivity contribution in [2.75, 3.05) is 6.54 Å². The van der Waals surface area contributed by atoms with Gasteiger partial charge in [0, 0.05) is 24.7 Å². The van der Waals surface area contributed by atoms with Gasteiger partial charge in [0.05, 0.1) is 11.0 Å². The van der Waals surface area contributed by atoms with Crippen molar-refractivity contribution < 1.29 is 14.4 Å². The molecule has 5 nitrogen and oxygen atoms in total. The third-order valence-corrected chi connectivity index (χ3v) is 3.08. The van der Waals surface area contributed by atoms with Crippen molar-refractivity contribution in [3.05, 3.63) is 75.6 Å². The third kappa shape index (κ3) is 4.08. The van der Waals surface area contributed by atoms with E-state index >= 15 is 0 Å². The van der Waals surface area contributed by atoms with Gasteiger partial charge < -0.3 is 10.4 Å². The Morgan fingerprint density at radius 2 is 1.95 bits per heavy atom. The van der Waals surface area contributed by atoms with Gasteiger partial charge in [-0.05, 0) is 17.7 Å². The SMILES string of the molecule is O=[N+]([O-])c1ccc(F)cc1CNCC(O)c1ccccc1. The third-order valence-electron chi connectivity index (χ3n) is 3.08. The zero-order chi connectivity index (χ0) is 15.2. The summed E-state index contributed by atoms with van der Waals surface area (Å²) in [5, 5.41) is 23.7. The highest BCUT2D eigenvalue weighted by atomic mass is 19.1. The number of nitrogens with zero attached hydrogens (tertiary/aromatic N) is 1. The molecule has 0 saturated heterocycles. The lowest BCUT2D eigenvalue weighted by atomic mass is 10.1. The van der Waals surface area contributed by atoms with E-state index < -0.39 is 16.8 Å². The average molecular weight is 290 g/mol. The molecule has 0 aliphatic rings. The molecular weight excluding hydrogens is 275 g/mol. The highest BCUT2D eigenvalue weighted by Gasteiger charge is 2.14. The average Bonchev–Trinajstić information content (AvgIpc) is 2.48. The summed E-state index contributed by atoms with van der Waals surface area (Å²) in [4.78, 5) is 10.3. The molecule has 0 heterocycles. The van der Waals surface area contributed by atoms with E-state index in [-0.39, 0.29) is 24.3 Å². The van der Waals surface area contributed by atoms with Gasteiger partial charge in [-0.3, -0.25) is 10.1 Å². The molecule has 0 bridgehead atoms. The second-order valence-corrected chi connectivity index (χ2v) is 4.59. The number of hydrogen-bond acceptors (Lipinski definition) is 4. The van der Waals surface area contributed by atoms with E-state index in [0.717, 1.165) is 23.8 Å². The first-order chi connectivity index (χ1) is 10.1. The van der Waals surface area contributed by atoms with Crippen LogP contribution in [0.3, 0.4) is 0 Å². The van der Waals surface area contributed by atoms with Crippen molar-refractivity contribution in [1.82, 2.24) is 5.32 Å². The first-order valence-electron chi connectivity index (χ1n) is 6.44. The van der Waals surface area contributed by atoms with Crippen LogP contribution in [0.15, 0.2) is 48.5 Å². The maximum atomic E-state index is 13.2. The molecule has 110 valence electrons. The molecule has 0 aliphatic heterocycles. The number of rotatable bonds is 6. The van der Waals surface area contributed by atoms with Gasteiger partial charge in [-0.2, -0.15) is 0 Å². The van der Waals surface area contributed by atoms with Crippen LogP contribution in [0.5, 0.6) is 0 Å². The van der Waals surface area contributed by atoms with Gasteiger partial charge in [0.1, 0.15) is 5.82 Å². The lowest BCUT2D eigenvalue weighted by Gasteiger charge is -2.12. The van der Waals surface area contributed by atoms with Crippen LogP contribution in [-0.2, 0) is 6.54 Å². The number of nitro groups is 1. The Morgan fingerprint density at radius 1 is 1.24 bits per heavy atom. The van der Waals surface area contributed by atoms with E-state index in [1.807, 2.05) is 18.2 Å². The fourth-order valence-electron chi connectivity index (χ4n) is 2.01. The fraction of sp³-hybridized carbons (Fsp3) is 0.200. The van der Waals surface area contributed by atoms with Crippen LogP contribution in [0.2, 0.25) is 0 Å². The number of nitrogens with one attached hydrogen (secondary N) is 1. The van der Waals surface area contributed by atoms with Crippen LogP contribution >= 0.6 is 0 Å². The van der Waals surface area contributed by atoms with Crippen molar-refractivity contribution in [1.29, 1.82) is 0 Å². The summed E-state index contributed by atoms with van der Waals surface area (Å²) in [5.41, 5.74) is 0.858. The van der Waals surface area contributed by atoms with Crippen molar-refractivity contribution in [3.63, 3.8) is 0 Å². The highest BCUT2D eigenvalue weighted by Crippen LogP contribution is 2.19. The minimum Gasteiger partial charge on any atom is -0.387 e. The molecule has 2 N–H and O–H groups in total. The Morgan fingerprint density at radius 3 is 2.62 bits per heavy atom.